The van der Waals surface area contributed by atoms with Gasteiger partial charge in [0, 0.05) is 11.4 Å². The second-order valence-electron chi connectivity index (χ2n) is 7.11. The maximum absolute atomic E-state index is 12.3. The highest BCUT2D eigenvalue weighted by molar-refractivity contribution is 7.18. The van der Waals surface area contributed by atoms with E-state index in [0.29, 0.717) is 6.61 Å². The summed E-state index contributed by atoms with van der Waals surface area (Å²) in [6.07, 6.45) is 0. The van der Waals surface area contributed by atoms with Crippen molar-refractivity contribution in [2.45, 2.75) is 34.2 Å². The van der Waals surface area contributed by atoms with Gasteiger partial charge < -0.3 is 9.64 Å². The Hall–Kier alpha value is -2.44. The molecule has 6 heteroatoms. The average Bonchev–Trinajstić information content (AvgIpc) is 3.32. The third-order valence-electron chi connectivity index (χ3n) is 4.91. The van der Waals surface area contributed by atoms with Crippen LogP contribution in [0.3, 0.4) is 0 Å². The average molecular weight is 412 g/mol. The molecule has 3 rings (SSSR count). The highest BCUT2D eigenvalue weighted by Gasteiger charge is 2.15. The minimum Gasteiger partial charge on any atom is -0.463 e. The number of carbonyl (C=O) groups is 1. The Morgan fingerprint density at radius 1 is 1.10 bits per heavy atom. The third-order valence-corrected chi connectivity index (χ3v) is 6.06. The van der Waals surface area contributed by atoms with Gasteiger partial charge in [0.05, 0.1) is 16.3 Å². The first-order valence-electron chi connectivity index (χ1n) is 10.1. The van der Waals surface area contributed by atoms with Crippen molar-refractivity contribution < 1.29 is 9.53 Å². The quantitative estimate of drug-likeness (QED) is 0.476. The number of nitrogens with zero attached hydrogens (tertiary/aromatic N) is 3. The van der Waals surface area contributed by atoms with Gasteiger partial charge in [0.25, 0.3) is 0 Å². The number of carbonyl (C=O) groups excluding carboxylic acids is 1. The molecule has 0 radical (unpaired) electrons. The Bertz CT molecular complexity index is 957. The second kappa shape index (κ2) is 9.85. The molecule has 1 aromatic carbocycles. The van der Waals surface area contributed by atoms with E-state index in [4.69, 9.17) is 4.74 Å². The zero-order valence-electron chi connectivity index (χ0n) is 17.6. The lowest BCUT2D eigenvalue weighted by Gasteiger charge is -2.17. The fourth-order valence-corrected chi connectivity index (χ4v) is 4.31. The molecule has 2 aromatic heterocycles. The number of ether oxygens (including phenoxy) is 1. The number of likely N-dealkylation sites (N-methyl/N-ethyl adjacent to an activating group) is 1. The van der Waals surface area contributed by atoms with Gasteiger partial charge in [-0.1, -0.05) is 43.7 Å². The number of aromatic nitrogens is 2. The molecule has 0 atom stereocenters. The van der Waals surface area contributed by atoms with Crippen LogP contribution in [0, 0.1) is 13.8 Å². The van der Waals surface area contributed by atoms with E-state index < -0.39 is 0 Å². The van der Waals surface area contributed by atoms with Gasteiger partial charge in [0.15, 0.2) is 0 Å². The highest BCUT2D eigenvalue weighted by atomic mass is 32.1. The molecule has 0 spiro atoms. The Morgan fingerprint density at radius 3 is 2.59 bits per heavy atom. The maximum atomic E-state index is 12.3. The number of hydrogen-bond donors (Lipinski definition) is 0. The smallest absolute Gasteiger partial charge is 0.327 e. The molecule has 0 saturated heterocycles. The summed E-state index contributed by atoms with van der Waals surface area (Å²) in [5.41, 5.74) is 4.29. The summed E-state index contributed by atoms with van der Waals surface area (Å²) < 4.78 is 7.18. The molecule has 0 N–H and O–H groups in total. The van der Waals surface area contributed by atoms with Crippen LogP contribution in [-0.2, 0) is 16.1 Å². The molecule has 3 aromatic rings. The molecule has 0 bridgehead atoms. The SMILES string of the molecule is CCN(CC)CCOC(=O)Cn1nc(C)cc1-c1ccc(-c2cccc(C)c2)s1. The van der Waals surface area contributed by atoms with Gasteiger partial charge in [0.2, 0.25) is 0 Å². The molecule has 2 heterocycles. The lowest BCUT2D eigenvalue weighted by Crippen LogP contribution is -2.28. The maximum Gasteiger partial charge on any atom is 0.327 e. The minimum absolute atomic E-state index is 0.124. The van der Waals surface area contributed by atoms with Crippen LogP contribution < -0.4 is 0 Å². The van der Waals surface area contributed by atoms with Gasteiger partial charge in [-0.25, -0.2) is 0 Å². The molecular formula is C23H29N3O2S. The summed E-state index contributed by atoms with van der Waals surface area (Å²) in [5, 5.41) is 4.51. The molecule has 29 heavy (non-hydrogen) atoms. The Kier molecular flexibility index (Phi) is 7.23. The van der Waals surface area contributed by atoms with Crippen molar-refractivity contribution in [2.24, 2.45) is 0 Å². The molecule has 0 amide bonds. The van der Waals surface area contributed by atoms with Crippen molar-refractivity contribution in [3.8, 4) is 21.0 Å². The number of rotatable bonds is 9. The standard InChI is InChI=1S/C23H29N3O2S/c1-5-25(6-2)12-13-28-23(27)16-26-20(15-18(4)24-26)22-11-10-21(29-22)19-9-7-8-17(3)14-19/h7-11,14-15H,5-6,12-13,16H2,1-4H3. The first kappa shape index (κ1) is 21.3. The van der Waals surface area contributed by atoms with Gasteiger partial charge in [-0.3, -0.25) is 9.48 Å². The predicted molar refractivity (Wildman–Crippen MR) is 119 cm³/mol. The van der Waals surface area contributed by atoms with Crippen LogP contribution in [0.4, 0.5) is 0 Å². The zero-order chi connectivity index (χ0) is 20.8. The van der Waals surface area contributed by atoms with Gasteiger partial charge in [-0.15, -0.1) is 11.3 Å². The second-order valence-corrected chi connectivity index (χ2v) is 8.19. The van der Waals surface area contributed by atoms with Crippen LogP contribution in [-0.4, -0.2) is 46.9 Å². The minimum atomic E-state index is -0.253. The number of benzene rings is 1. The molecule has 0 unspecified atom stereocenters. The largest absolute Gasteiger partial charge is 0.463 e. The zero-order valence-corrected chi connectivity index (χ0v) is 18.5. The fourth-order valence-electron chi connectivity index (χ4n) is 3.29. The van der Waals surface area contributed by atoms with E-state index in [1.165, 1.54) is 16.0 Å². The van der Waals surface area contributed by atoms with E-state index >= 15 is 0 Å². The summed E-state index contributed by atoms with van der Waals surface area (Å²) in [6.45, 7) is 11.5. The lowest BCUT2D eigenvalue weighted by molar-refractivity contribution is -0.144. The van der Waals surface area contributed by atoms with E-state index in [1.807, 2.05) is 13.0 Å². The van der Waals surface area contributed by atoms with Crippen LogP contribution in [0.25, 0.3) is 21.0 Å². The monoisotopic (exact) mass is 411 g/mol. The summed E-state index contributed by atoms with van der Waals surface area (Å²) in [6, 6.07) is 14.7. The normalized spacial score (nSPS) is 11.2. The molecule has 0 fully saturated rings. The van der Waals surface area contributed by atoms with E-state index in [2.05, 4.69) is 67.2 Å². The van der Waals surface area contributed by atoms with E-state index in [1.54, 1.807) is 16.0 Å². The van der Waals surface area contributed by atoms with Gasteiger partial charge >= 0.3 is 5.97 Å². The molecule has 154 valence electrons. The van der Waals surface area contributed by atoms with E-state index in [0.717, 1.165) is 35.9 Å². The first-order valence-corrected chi connectivity index (χ1v) is 10.9. The highest BCUT2D eigenvalue weighted by Crippen LogP contribution is 2.35. The molecular weight excluding hydrogens is 382 g/mol. The van der Waals surface area contributed by atoms with Crippen LogP contribution in [0.1, 0.15) is 25.1 Å². The van der Waals surface area contributed by atoms with Crippen molar-refractivity contribution in [2.75, 3.05) is 26.2 Å². The van der Waals surface area contributed by atoms with Gasteiger partial charge in [0.1, 0.15) is 13.2 Å². The number of aryl methyl sites for hydroxylation is 2. The Labute approximate surface area is 176 Å². The summed E-state index contributed by atoms with van der Waals surface area (Å²) >= 11 is 1.71. The van der Waals surface area contributed by atoms with Crippen molar-refractivity contribution in [3.05, 3.63) is 53.7 Å². The topological polar surface area (TPSA) is 47.4 Å². The summed E-state index contributed by atoms with van der Waals surface area (Å²) in [5.74, 6) is -0.253. The van der Waals surface area contributed by atoms with Crippen molar-refractivity contribution in [3.63, 3.8) is 0 Å². The predicted octanol–water partition coefficient (Wildman–Crippen LogP) is 4.78. The lowest BCUT2D eigenvalue weighted by atomic mass is 10.1. The first-order chi connectivity index (χ1) is 14.0. The number of hydrogen-bond acceptors (Lipinski definition) is 5. The van der Waals surface area contributed by atoms with Crippen LogP contribution in [0.5, 0.6) is 0 Å². The Morgan fingerprint density at radius 2 is 1.86 bits per heavy atom. The molecule has 0 aliphatic carbocycles. The summed E-state index contributed by atoms with van der Waals surface area (Å²) in [7, 11) is 0. The van der Waals surface area contributed by atoms with E-state index in [-0.39, 0.29) is 12.5 Å². The van der Waals surface area contributed by atoms with Gasteiger partial charge in [-0.2, -0.15) is 5.10 Å². The van der Waals surface area contributed by atoms with Crippen LogP contribution in [0.2, 0.25) is 0 Å². The van der Waals surface area contributed by atoms with Crippen molar-refractivity contribution >= 4 is 17.3 Å². The molecule has 5 nitrogen and oxygen atoms in total. The molecule has 0 aliphatic rings. The summed E-state index contributed by atoms with van der Waals surface area (Å²) in [4.78, 5) is 16.9. The van der Waals surface area contributed by atoms with E-state index in [9.17, 15) is 4.79 Å². The molecule has 0 saturated carbocycles. The van der Waals surface area contributed by atoms with Crippen LogP contribution >= 0.6 is 11.3 Å². The number of esters is 1. The van der Waals surface area contributed by atoms with Gasteiger partial charge in [-0.05, 0) is 50.7 Å². The van der Waals surface area contributed by atoms with Crippen molar-refractivity contribution in [1.82, 2.24) is 14.7 Å². The fraction of sp³-hybridized carbons (Fsp3) is 0.391. The Balaban J connectivity index is 1.70. The molecule has 0 aliphatic heterocycles. The van der Waals surface area contributed by atoms with Crippen molar-refractivity contribution in [1.29, 1.82) is 0 Å². The number of thiophene rings is 1. The van der Waals surface area contributed by atoms with Crippen LogP contribution in [0.15, 0.2) is 42.5 Å². The third kappa shape index (κ3) is 5.55.